The minimum atomic E-state index is 0.415. The van der Waals surface area contributed by atoms with Gasteiger partial charge in [0, 0.05) is 26.2 Å². The minimum absolute atomic E-state index is 0.415. The molecule has 1 saturated heterocycles. The first-order valence-corrected chi connectivity index (χ1v) is 6.65. The number of ether oxygens (including phenoxy) is 1. The van der Waals surface area contributed by atoms with Gasteiger partial charge < -0.3 is 10.1 Å². The van der Waals surface area contributed by atoms with Gasteiger partial charge in [-0.15, -0.1) is 0 Å². The van der Waals surface area contributed by atoms with E-state index >= 15 is 0 Å². The number of hydrogen-bond donors (Lipinski definition) is 1. The van der Waals surface area contributed by atoms with Crippen molar-refractivity contribution in [2.45, 2.75) is 52.3 Å². The lowest BCUT2D eigenvalue weighted by molar-refractivity contribution is 0.109. The second-order valence-corrected chi connectivity index (χ2v) is 4.77. The molecule has 0 saturated carbocycles. The maximum Gasteiger partial charge on any atom is 0.0700 e. The Morgan fingerprint density at radius 1 is 1.59 bits per heavy atom. The van der Waals surface area contributed by atoms with Crippen LogP contribution in [0.4, 0.5) is 0 Å². The molecule has 2 rings (SSSR count). The Balaban J connectivity index is 1.80. The molecule has 1 N–H and O–H groups in total. The average molecular weight is 237 g/mol. The van der Waals surface area contributed by atoms with Crippen molar-refractivity contribution in [2.24, 2.45) is 0 Å². The molecule has 1 aromatic rings. The average Bonchev–Trinajstić information content (AvgIpc) is 2.90. The van der Waals surface area contributed by atoms with Crippen LogP contribution in [0.15, 0.2) is 6.07 Å². The van der Waals surface area contributed by atoms with E-state index in [9.17, 15) is 0 Å². The van der Waals surface area contributed by atoms with Crippen molar-refractivity contribution in [1.29, 1.82) is 0 Å². The fourth-order valence-electron chi connectivity index (χ4n) is 2.31. The lowest BCUT2D eigenvalue weighted by atomic mass is 10.2. The Kier molecular flexibility index (Phi) is 4.57. The summed E-state index contributed by atoms with van der Waals surface area (Å²) in [5.74, 6) is 0. The van der Waals surface area contributed by atoms with E-state index in [-0.39, 0.29) is 0 Å². The number of nitrogens with zero attached hydrogens (tertiary/aromatic N) is 2. The van der Waals surface area contributed by atoms with E-state index < -0.39 is 0 Å². The predicted octanol–water partition coefficient (Wildman–Crippen LogP) is 1.87. The summed E-state index contributed by atoms with van der Waals surface area (Å²) in [4.78, 5) is 0. The second-order valence-electron chi connectivity index (χ2n) is 4.77. The highest BCUT2D eigenvalue weighted by atomic mass is 16.5. The molecule has 1 fully saturated rings. The summed E-state index contributed by atoms with van der Waals surface area (Å²) in [6, 6.07) is 2.16. The molecule has 1 atom stereocenters. The van der Waals surface area contributed by atoms with Gasteiger partial charge in [0.25, 0.3) is 0 Å². The molecule has 0 bridgehead atoms. The van der Waals surface area contributed by atoms with Gasteiger partial charge in [-0.3, -0.25) is 4.68 Å². The molecule has 0 spiro atoms. The van der Waals surface area contributed by atoms with Crippen molar-refractivity contribution < 1.29 is 4.74 Å². The van der Waals surface area contributed by atoms with Gasteiger partial charge in [-0.1, -0.05) is 6.92 Å². The van der Waals surface area contributed by atoms with Crippen LogP contribution in [0.3, 0.4) is 0 Å². The summed E-state index contributed by atoms with van der Waals surface area (Å²) in [5.41, 5.74) is 2.38. The molecular weight excluding hydrogens is 214 g/mol. The zero-order chi connectivity index (χ0) is 12.1. The summed E-state index contributed by atoms with van der Waals surface area (Å²) in [6.07, 6.45) is 3.94. The Labute approximate surface area is 103 Å². The highest BCUT2D eigenvalue weighted by Gasteiger charge is 2.14. The van der Waals surface area contributed by atoms with Gasteiger partial charge in [-0.05, 0) is 32.3 Å². The summed E-state index contributed by atoms with van der Waals surface area (Å²) in [7, 11) is 0. The Bertz CT molecular complexity index is 342. The van der Waals surface area contributed by atoms with E-state index in [0.717, 1.165) is 38.4 Å². The summed E-state index contributed by atoms with van der Waals surface area (Å²) in [6.45, 7) is 8.01. The third-order valence-electron chi connectivity index (χ3n) is 3.12. The highest BCUT2D eigenvalue weighted by Crippen LogP contribution is 2.11. The number of rotatable bonds is 6. The van der Waals surface area contributed by atoms with Gasteiger partial charge >= 0.3 is 0 Å². The van der Waals surface area contributed by atoms with Gasteiger partial charge in [0.05, 0.1) is 17.5 Å². The normalized spacial score (nSPS) is 20.0. The summed E-state index contributed by atoms with van der Waals surface area (Å²) in [5, 5.41) is 7.97. The summed E-state index contributed by atoms with van der Waals surface area (Å²) >= 11 is 0. The molecule has 17 heavy (non-hydrogen) atoms. The van der Waals surface area contributed by atoms with Gasteiger partial charge in [0.2, 0.25) is 0 Å². The number of aryl methyl sites for hydroxylation is 2. The van der Waals surface area contributed by atoms with Crippen LogP contribution in [0.1, 0.15) is 37.6 Å². The van der Waals surface area contributed by atoms with E-state index in [1.165, 1.54) is 18.5 Å². The van der Waals surface area contributed by atoms with E-state index in [1.807, 2.05) is 0 Å². The molecule has 96 valence electrons. The molecular formula is C13H23N3O. The molecule has 0 aromatic carbocycles. The van der Waals surface area contributed by atoms with Gasteiger partial charge in [0.15, 0.2) is 0 Å². The molecule has 1 aliphatic heterocycles. The van der Waals surface area contributed by atoms with Crippen LogP contribution in [0.5, 0.6) is 0 Å². The van der Waals surface area contributed by atoms with E-state index in [2.05, 4.69) is 35.0 Å². The van der Waals surface area contributed by atoms with Crippen LogP contribution in [0, 0.1) is 6.92 Å². The Morgan fingerprint density at radius 2 is 2.47 bits per heavy atom. The van der Waals surface area contributed by atoms with Crippen molar-refractivity contribution in [1.82, 2.24) is 15.1 Å². The van der Waals surface area contributed by atoms with E-state index in [0.29, 0.717) is 6.10 Å². The molecule has 1 aromatic heterocycles. The molecule has 4 heteroatoms. The zero-order valence-electron chi connectivity index (χ0n) is 10.9. The van der Waals surface area contributed by atoms with Crippen LogP contribution < -0.4 is 5.32 Å². The molecule has 2 heterocycles. The van der Waals surface area contributed by atoms with Crippen LogP contribution >= 0.6 is 0 Å². The first-order chi connectivity index (χ1) is 8.29. The maximum atomic E-state index is 5.59. The van der Waals surface area contributed by atoms with Crippen molar-refractivity contribution in [3.8, 4) is 0 Å². The van der Waals surface area contributed by atoms with Gasteiger partial charge in [-0.2, -0.15) is 5.10 Å². The van der Waals surface area contributed by atoms with E-state index in [1.54, 1.807) is 0 Å². The summed E-state index contributed by atoms with van der Waals surface area (Å²) < 4.78 is 7.70. The number of hydrogen-bond acceptors (Lipinski definition) is 3. The highest BCUT2D eigenvalue weighted by molar-refractivity contribution is 5.08. The fourth-order valence-corrected chi connectivity index (χ4v) is 2.31. The minimum Gasteiger partial charge on any atom is -0.377 e. The molecule has 1 unspecified atom stereocenters. The van der Waals surface area contributed by atoms with Gasteiger partial charge in [0.1, 0.15) is 0 Å². The SMILES string of the molecule is CCCn1nc(C)cc1CNCC1CCCO1. The van der Waals surface area contributed by atoms with E-state index in [4.69, 9.17) is 4.74 Å². The third-order valence-corrected chi connectivity index (χ3v) is 3.12. The van der Waals surface area contributed by atoms with Crippen molar-refractivity contribution >= 4 is 0 Å². The monoisotopic (exact) mass is 237 g/mol. The molecule has 0 amide bonds. The van der Waals surface area contributed by atoms with Crippen LogP contribution in [-0.2, 0) is 17.8 Å². The topological polar surface area (TPSA) is 39.1 Å². The fraction of sp³-hybridized carbons (Fsp3) is 0.769. The molecule has 4 nitrogen and oxygen atoms in total. The molecule has 0 radical (unpaired) electrons. The lowest BCUT2D eigenvalue weighted by Crippen LogP contribution is -2.26. The quantitative estimate of drug-likeness (QED) is 0.821. The Morgan fingerprint density at radius 3 is 3.18 bits per heavy atom. The van der Waals surface area contributed by atoms with Crippen LogP contribution in [0.25, 0.3) is 0 Å². The molecule has 0 aliphatic carbocycles. The van der Waals surface area contributed by atoms with Crippen molar-refractivity contribution in [3.63, 3.8) is 0 Å². The number of aromatic nitrogens is 2. The predicted molar refractivity (Wildman–Crippen MR) is 67.9 cm³/mol. The van der Waals surface area contributed by atoms with Crippen molar-refractivity contribution in [2.75, 3.05) is 13.2 Å². The first-order valence-electron chi connectivity index (χ1n) is 6.65. The van der Waals surface area contributed by atoms with Gasteiger partial charge in [-0.25, -0.2) is 0 Å². The third kappa shape index (κ3) is 3.54. The number of nitrogens with one attached hydrogen (secondary N) is 1. The molecule has 1 aliphatic rings. The maximum absolute atomic E-state index is 5.59. The Hall–Kier alpha value is -0.870. The lowest BCUT2D eigenvalue weighted by Gasteiger charge is -2.11. The standard InChI is InChI=1S/C13H23N3O/c1-3-6-16-12(8-11(2)15-16)9-14-10-13-5-4-7-17-13/h8,13-14H,3-7,9-10H2,1-2H3. The van der Waals surface area contributed by atoms with Crippen molar-refractivity contribution in [3.05, 3.63) is 17.5 Å². The smallest absolute Gasteiger partial charge is 0.0700 e. The van der Waals surface area contributed by atoms with Crippen LogP contribution in [0.2, 0.25) is 0 Å². The van der Waals surface area contributed by atoms with Crippen LogP contribution in [-0.4, -0.2) is 29.0 Å². The second kappa shape index (κ2) is 6.17. The zero-order valence-corrected chi connectivity index (χ0v) is 10.9. The first kappa shape index (κ1) is 12.6. The largest absolute Gasteiger partial charge is 0.377 e.